The second kappa shape index (κ2) is 14.3. The topological polar surface area (TPSA) is 194 Å². The van der Waals surface area contributed by atoms with Crippen LogP contribution < -0.4 is 24.2 Å². The Hall–Kier alpha value is -4.60. The van der Waals surface area contributed by atoms with Gasteiger partial charge in [0, 0.05) is 35.3 Å². The van der Waals surface area contributed by atoms with Crippen LogP contribution in [0.5, 0.6) is 17.4 Å². The number of pyridine rings is 1. The summed E-state index contributed by atoms with van der Waals surface area (Å²) in [6.45, 7) is 6.39. The molecule has 5 fully saturated rings. The van der Waals surface area contributed by atoms with Gasteiger partial charge < -0.3 is 29.5 Å². The predicted octanol–water partition coefficient (Wildman–Crippen LogP) is 4.39. The van der Waals surface area contributed by atoms with E-state index in [0.717, 1.165) is 18.2 Å². The molecule has 1 aromatic heterocycles. The van der Waals surface area contributed by atoms with Gasteiger partial charge >= 0.3 is 6.09 Å². The highest BCUT2D eigenvalue weighted by Crippen LogP contribution is 2.54. The van der Waals surface area contributed by atoms with E-state index in [2.05, 4.69) is 21.9 Å². The molecule has 0 radical (unpaired) electrons. The summed E-state index contributed by atoms with van der Waals surface area (Å²) in [6, 6.07) is 2.88. The molecular weight excluding hydrogens is 767 g/mol. The molecule has 3 N–H and O–H groups in total. The van der Waals surface area contributed by atoms with E-state index in [0.29, 0.717) is 80.5 Å². The number of amides is 4. The number of allylic oxidation sites excluding steroid dienone is 1. The summed E-state index contributed by atoms with van der Waals surface area (Å²) in [4.78, 5) is 64.6. The molecule has 7 aliphatic rings. The smallest absolute Gasteiger partial charge is 0.408 e. The standard InChI is InChI=1S/C42H53N5O10S/c1-23-6-4-5-7-27-21-42(27,39(50)45-58(53,54)41(3)11-12-41)44-36(48)32-20-29(57-37-31-8-9-33-35(56-15-14-55-33)30(31)10-13-43-37)22-46(32)38(49)34(24(2)16-23)47(40(51)52)28-18-25-17-26(25)19-28/h5,7-10,13,23-29,32,34H,4,6,11-12,14-22H2,1-3H3,(H,44,48)(H,45,50)(H,51,52)/b7-5-/t23-,24-,25-,26+,27-,28-,29-,32+,34+,42-/m1/s1. The molecule has 3 aliphatic heterocycles. The molecule has 0 bridgehead atoms. The molecule has 16 heteroatoms. The van der Waals surface area contributed by atoms with Crippen molar-refractivity contribution in [2.75, 3.05) is 19.8 Å². The molecule has 58 heavy (non-hydrogen) atoms. The Bertz CT molecular complexity index is 2170. The van der Waals surface area contributed by atoms with Gasteiger partial charge in [-0.2, -0.15) is 0 Å². The van der Waals surface area contributed by atoms with E-state index in [9.17, 15) is 27.9 Å². The number of nitrogens with one attached hydrogen (secondary N) is 2. The van der Waals surface area contributed by atoms with Crippen molar-refractivity contribution < 1.29 is 46.9 Å². The zero-order valence-corrected chi connectivity index (χ0v) is 34.0. The summed E-state index contributed by atoms with van der Waals surface area (Å²) >= 11 is 0. The number of aromatic nitrogens is 1. The van der Waals surface area contributed by atoms with Crippen LogP contribution in [0.25, 0.3) is 10.8 Å². The second-order valence-electron chi connectivity index (χ2n) is 18.3. The monoisotopic (exact) mass is 819 g/mol. The van der Waals surface area contributed by atoms with E-state index in [-0.39, 0.29) is 43.1 Å². The highest BCUT2D eigenvalue weighted by atomic mass is 32.2. The van der Waals surface area contributed by atoms with Crippen LogP contribution in [0.15, 0.2) is 36.5 Å². The number of sulfonamides is 1. The van der Waals surface area contributed by atoms with E-state index in [1.807, 2.05) is 25.1 Å². The lowest BCUT2D eigenvalue weighted by molar-refractivity contribution is -0.145. The van der Waals surface area contributed by atoms with Crippen LogP contribution in [0.2, 0.25) is 0 Å². The number of carboxylic acid groups (broad SMARTS) is 1. The van der Waals surface area contributed by atoms with Crippen molar-refractivity contribution >= 4 is 44.6 Å². The summed E-state index contributed by atoms with van der Waals surface area (Å²) in [5.41, 5.74) is -1.55. The van der Waals surface area contributed by atoms with Gasteiger partial charge in [0.25, 0.3) is 5.91 Å². The maximum absolute atomic E-state index is 15.3. The molecule has 312 valence electrons. The first kappa shape index (κ1) is 38.9. The SMILES string of the molecule is C[C@@H]1CC/C=C\[C@@H]2C[C@@]2(C(=O)NS(=O)(=O)C2(C)CC2)NC(=O)[C@@H]2C[C@@H](Oc3nccc4c5c(ccc34)OCCO5)CN2C(=O)[C@@H](N(C(=O)O)[C@@H]2C[C@H]3C[C@H]3C2)[C@H](C)C1. The lowest BCUT2D eigenvalue weighted by Crippen LogP contribution is -2.61. The minimum Gasteiger partial charge on any atom is -0.486 e. The lowest BCUT2D eigenvalue weighted by atomic mass is 9.86. The van der Waals surface area contributed by atoms with Crippen LogP contribution in [0.4, 0.5) is 4.79 Å². The van der Waals surface area contributed by atoms with Crippen molar-refractivity contribution in [3.63, 3.8) is 0 Å². The Kier molecular flexibility index (Phi) is 9.59. The van der Waals surface area contributed by atoms with Crippen LogP contribution in [0, 0.1) is 29.6 Å². The van der Waals surface area contributed by atoms with Crippen LogP contribution in [0.3, 0.4) is 0 Å². The normalized spacial score (nSPS) is 35.6. The van der Waals surface area contributed by atoms with Gasteiger partial charge in [0.05, 0.1) is 11.3 Å². The van der Waals surface area contributed by atoms with Gasteiger partial charge in [-0.3, -0.25) is 24.0 Å². The molecule has 1 aromatic carbocycles. The van der Waals surface area contributed by atoms with E-state index in [4.69, 9.17) is 14.2 Å². The number of hydrogen-bond donors (Lipinski definition) is 3. The first-order chi connectivity index (χ1) is 27.7. The van der Waals surface area contributed by atoms with E-state index in [1.165, 1.54) is 9.80 Å². The third-order valence-corrected chi connectivity index (χ3v) is 16.2. The van der Waals surface area contributed by atoms with Gasteiger partial charge in [-0.05, 0) is 107 Å². The number of ether oxygens (including phenoxy) is 3. The zero-order valence-electron chi connectivity index (χ0n) is 33.2. The number of fused-ring (bicyclic) bond motifs is 6. The number of rotatable bonds is 7. The quantitative estimate of drug-likeness (QED) is 0.336. The number of benzene rings is 1. The van der Waals surface area contributed by atoms with Crippen molar-refractivity contribution in [2.45, 2.75) is 119 Å². The highest BCUT2D eigenvalue weighted by molar-refractivity contribution is 7.91. The number of nitrogens with zero attached hydrogens (tertiary/aromatic N) is 3. The van der Waals surface area contributed by atoms with Crippen LogP contribution in [0.1, 0.15) is 85.0 Å². The number of carbonyl (C=O) groups excluding carboxylic acids is 3. The van der Waals surface area contributed by atoms with Crippen LogP contribution >= 0.6 is 0 Å². The molecule has 4 heterocycles. The molecule has 4 saturated carbocycles. The minimum atomic E-state index is -4.02. The highest BCUT2D eigenvalue weighted by Gasteiger charge is 2.63. The largest absolute Gasteiger partial charge is 0.486 e. The summed E-state index contributed by atoms with van der Waals surface area (Å²) in [5.74, 6) is -0.253. The van der Waals surface area contributed by atoms with E-state index >= 15 is 4.79 Å². The minimum absolute atomic E-state index is 0.0208. The van der Waals surface area contributed by atoms with Gasteiger partial charge in [0.1, 0.15) is 36.9 Å². The molecule has 2 aromatic rings. The summed E-state index contributed by atoms with van der Waals surface area (Å²) in [5, 5.41) is 15.1. The Labute approximate surface area is 338 Å². The van der Waals surface area contributed by atoms with Crippen LogP contribution in [-0.2, 0) is 24.4 Å². The summed E-state index contributed by atoms with van der Waals surface area (Å²) < 4.78 is 46.1. The van der Waals surface area contributed by atoms with Crippen molar-refractivity contribution in [3.05, 3.63) is 36.5 Å². The maximum atomic E-state index is 15.3. The Balaban J connectivity index is 1.07. The van der Waals surface area contributed by atoms with Gasteiger partial charge in [-0.1, -0.05) is 26.0 Å². The molecule has 9 rings (SSSR count). The Morgan fingerprint density at radius 2 is 1.79 bits per heavy atom. The first-order valence-corrected chi connectivity index (χ1v) is 22.4. The summed E-state index contributed by atoms with van der Waals surface area (Å²) in [7, 11) is -4.02. The second-order valence-corrected chi connectivity index (χ2v) is 20.5. The maximum Gasteiger partial charge on any atom is 0.408 e. The third kappa shape index (κ3) is 6.92. The van der Waals surface area contributed by atoms with Crippen molar-refractivity contribution in [2.24, 2.45) is 29.6 Å². The van der Waals surface area contributed by atoms with Gasteiger partial charge in [0.2, 0.25) is 27.7 Å². The molecule has 4 amide bonds. The Morgan fingerprint density at radius 1 is 1.03 bits per heavy atom. The van der Waals surface area contributed by atoms with Gasteiger partial charge in [0.15, 0.2) is 11.5 Å². The van der Waals surface area contributed by atoms with Crippen LogP contribution in [-0.4, -0.2) is 106 Å². The molecule has 0 unspecified atom stereocenters. The fourth-order valence-electron chi connectivity index (χ4n) is 10.2. The lowest BCUT2D eigenvalue weighted by Gasteiger charge is -2.40. The molecule has 4 aliphatic carbocycles. The number of carbonyl (C=O) groups is 4. The van der Waals surface area contributed by atoms with Crippen molar-refractivity contribution in [3.8, 4) is 17.4 Å². The average Bonchev–Trinajstić information content (AvgIpc) is 4.14. The van der Waals surface area contributed by atoms with E-state index < -0.39 is 68.2 Å². The van der Waals surface area contributed by atoms with Crippen molar-refractivity contribution in [1.82, 2.24) is 24.8 Å². The fraction of sp³-hybridized carbons (Fsp3) is 0.643. The summed E-state index contributed by atoms with van der Waals surface area (Å²) in [6.07, 6.45) is 9.11. The molecular formula is C42H53N5O10S. The molecule has 0 spiro atoms. The van der Waals surface area contributed by atoms with Gasteiger partial charge in [-0.25, -0.2) is 18.2 Å². The third-order valence-electron chi connectivity index (χ3n) is 14.0. The predicted molar refractivity (Wildman–Crippen MR) is 211 cm³/mol. The molecule has 1 saturated heterocycles. The average molecular weight is 820 g/mol. The molecule has 10 atom stereocenters. The molecule has 15 nitrogen and oxygen atoms in total. The van der Waals surface area contributed by atoms with Crippen molar-refractivity contribution in [1.29, 1.82) is 0 Å². The Morgan fingerprint density at radius 3 is 2.53 bits per heavy atom. The zero-order chi connectivity index (χ0) is 40.7. The van der Waals surface area contributed by atoms with E-state index in [1.54, 1.807) is 25.3 Å². The van der Waals surface area contributed by atoms with Gasteiger partial charge in [-0.15, -0.1) is 0 Å². The first-order valence-electron chi connectivity index (χ1n) is 20.9. The number of hydrogen-bond acceptors (Lipinski definition) is 10. The fourth-order valence-corrected chi connectivity index (χ4v) is 11.5.